The van der Waals surface area contributed by atoms with Crippen LogP contribution in [0.15, 0.2) is 0 Å². The fourth-order valence-corrected chi connectivity index (χ4v) is 1.57. The molecular weight excluding hydrogens is 234 g/mol. The van der Waals surface area contributed by atoms with Gasteiger partial charge in [-0.1, -0.05) is 0 Å². The van der Waals surface area contributed by atoms with Gasteiger partial charge in [-0.3, -0.25) is 9.59 Å². The van der Waals surface area contributed by atoms with Crippen molar-refractivity contribution in [3.63, 3.8) is 0 Å². The van der Waals surface area contributed by atoms with E-state index in [1.165, 1.54) is 0 Å². The van der Waals surface area contributed by atoms with E-state index in [-0.39, 0.29) is 24.3 Å². The molecule has 1 aliphatic carbocycles. The number of hydrogen-bond donors (Lipinski definition) is 3. The van der Waals surface area contributed by atoms with Gasteiger partial charge in [0.2, 0.25) is 11.8 Å². The number of ether oxygens (including phenoxy) is 1. The highest BCUT2D eigenvalue weighted by Crippen LogP contribution is 2.18. The Morgan fingerprint density at radius 3 is 2.67 bits per heavy atom. The van der Waals surface area contributed by atoms with Crippen LogP contribution < -0.4 is 16.4 Å². The summed E-state index contributed by atoms with van der Waals surface area (Å²) < 4.78 is 5.28. The van der Waals surface area contributed by atoms with Crippen LogP contribution in [0.3, 0.4) is 0 Å². The zero-order valence-corrected chi connectivity index (χ0v) is 10.9. The summed E-state index contributed by atoms with van der Waals surface area (Å²) >= 11 is 0. The lowest BCUT2D eigenvalue weighted by Gasteiger charge is -2.14. The van der Waals surface area contributed by atoms with E-state index in [0.717, 1.165) is 12.8 Å². The normalized spacial score (nSPS) is 16.1. The zero-order chi connectivity index (χ0) is 13.4. The molecule has 6 heteroatoms. The van der Waals surface area contributed by atoms with Crippen molar-refractivity contribution in [2.24, 2.45) is 5.73 Å². The van der Waals surface area contributed by atoms with E-state index < -0.39 is 0 Å². The second-order valence-corrected chi connectivity index (χ2v) is 4.46. The summed E-state index contributed by atoms with van der Waals surface area (Å²) in [6.07, 6.45) is 2.48. The SMILES string of the molecule is CCOC(CN)CC(=O)NCCC(=O)NC1CC1. The van der Waals surface area contributed by atoms with Crippen LogP contribution in [0.25, 0.3) is 0 Å². The van der Waals surface area contributed by atoms with Crippen LogP contribution in [0.1, 0.15) is 32.6 Å². The highest BCUT2D eigenvalue weighted by Gasteiger charge is 2.22. The number of carbonyl (C=O) groups excluding carboxylic acids is 2. The molecular formula is C12H23N3O3. The number of rotatable bonds is 9. The van der Waals surface area contributed by atoms with Crippen LogP contribution in [0.4, 0.5) is 0 Å². The Labute approximate surface area is 108 Å². The summed E-state index contributed by atoms with van der Waals surface area (Å²) in [6, 6.07) is 0.368. The quantitative estimate of drug-likeness (QED) is 0.520. The molecule has 104 valence electrons. The first-order chi connectivity index (χ1) is 8.65. The van der Waals surface area contributed by atoms with Crippen molar-refractivity contribution in [3.8, 4) is 0 Å². The number of amides is 2. The van der Waals surface area contributed by atoms with Gasteiger partial charge < -0.3 is 21.1 Å². The third-order valence-corrected chi connectivity index (χ3v) is 2.70. The molecule has 0 aromatic carbocycles. The summed E-state index contributed by atoms with van der Waals surface area (Å²) in [6.45, 7) is 3.09. The predicted octanol–water partition coefficient (Wildman–Crippen LogP) is -0.475. The first-order valence-electron chi connectivity index (χ1n) is 6.53. The molecule has 0 radical (unpaired) electrons. The van der Waals surface area contributed by atoms with Gasteiger partial charge >= 0.3 is 0 Å². The molecule has 0 bridgehead atoms. The summed E-state index contributed by atoms with van der Waals surface area (Å²) in [5.74, 6) is -0.129. The average Bonchev–Trinajstić information content (AvgIpc) is 3.12. The van der Waals surface area contributed by atoms with Gasteiger partial charge in [0.05, 0.1) is 12.5 Å². The lowest BCUT2D eigenvalue weighted by atomic mass is 10.2. The topological polar surface area (TPSA) is 93.4 Å². The molecule has 1 saturated carbocycles. The molecule has 18 heavy (non-hydrogen) atoms. The highest BCUT2D eigenvalue weighted by molar-refractivity contribution is 5.79. The Hall–Kier alpha value is -1.14. The van der Waals surface area contributed by atoms with Gasteiger partial charge in [-0.05, 0) is 19.8 Å². The molecule has 0 saturated heterocycles. The van der Waals surface area contributed by atoms with E-state index in [1.54, 1.807) is 0 Å². The number of carbonyl (C=O) groups is 2. The largest absolute Gasteiger partial charge is 0.377 e. The fourth-order valence-electron chi connectivity index (χ4n) is 1.57. The number of hydrogen-bond acceptors (Lipinski definition) is 4. The van der Waals surface area contributed by atoms with Gasteiger partial charge in [-0.15, -0.1) is 0 Å². The van der Waals surface area contributed by atoms with Gasteiger partial charge in [0.25, 0.3) is 0 Å². The van der Waals surface area contributed by atoms with E-state index in [9.17, 15) is 9.59 Å². The molecule has 6 nitrogen and oxygen atoms in total. The monoisotopic (exact) mass is 257 g/mol. The van der Waals surface area contributed by atoms with E-state index in [1.807, 2.05) is 6.92 Å². The summed E-state index contributed by atoms with van der Waals surface area (Å²) in [5.41, 5.74) is 5.48. The van der Waals surface area contributed by atoms with E-state index >= 15 is 0 Å². The van der Waals surface area contributed by atoms with Crippen LogP contribution in [0.2, 0.25) is 0 Å². The summed E-state index contributed by atoms with van der Waals surface area (Å²) in [4.78, 5) is 22.9. The minimum absolute atomic E-state index is 0.00187. The van der Waals surface area contributed by atoms with Gasteiger partial charge in [0, 0.05) is 32.2 Å². The molecule has 0 aromatic heterocycles. The molecule has 0 spiro atoms. The maximum Gasteiger partial charge on any atom is 0.222 e. The highest BCUT2D eigenvalue weighted by atomic mass is 16.5. The van der Waals surface area contributed by atoms with Crippen molar-refractivity contribution in [1.82, 2.24) is 10.6 Å². The zero-order valence-electron chi connectivity index (χ0n) is 10.9. The molecule has 0 heterocycles. The Morgan fingerprint density at radius 1 is 1.39 bits per heavy atom. The third-order valence-electron chi connectivity index (χ3n) is 2.70. The van der Waals surface area contributed by atoms with Crippen molar-refractivity contribution >= 4 is 11.8 Å². The van der Waals surface area contributed by atoms with Crippen LogP contribution >= 0.6 is 0 Å². The minimum atomic E-state index is -0.240. The first kappa shape index (κ1) is 14.9. The van der Waals surface area contributed by atoms with Crippen molar-refractivity contribution in [2.45, 2.75) is 44.8 Å². The van der Waals surface area contributed by atoms with Crippen LogP contribution in [0, 0.1) is 0 Å². The number of nitrogens with one attached hydrogen (secondary N) is 2. The average molecular weight is 257 g/mol. The maximum atomic E-state index is 11.5. The van der Waals surface area contributed by atoms with Crippen LogP contribution in [-0.2, 0) is 14.3 Å². The third kappa shape index (κ3) is 6.56. The minimum Gasteiger partial charge on any atom is -0.377 e. The lowest BCUT2D eigenvalue weighted by molar-refractivity contribution is -0.124. The molecule has 1 aliphatic rings. The fraction of sp³-hybridized carbons (Fsp3) is 0.833. The maximum absolute atomic E-state index is 11.5. The van der Waals surface area contributed by atoms with E-state index in [4.69, 9.17) is 10.5 Å². The van der Waals surface area contributed by atoms with Crippen molar-refractivity contribution < 1.29 is 14.3 Å². The van der Waals surface area contributed by atoms with Gasteiger partial charge in [0.1, 0.15) is 0 Å². The van der Waals surface area contributed by atoms with Gasteiger partial charge in [0.15, 0.2) is 0 Å². The Balaban J connectivity index is 2.06. The van der Waals surface area contributed by atoms with E-state index in [2.05, 4.69) is 10.6 Å². The molecule has 0 aromatic rings. The molecule has 1 atom stereocenters. The molecule has 0 aliphatic heterocycles. The summed E-state index contributed by atoms with van der Waals surface area (Å²) in [5, 5.41) is 5.56. The predicted molar refractivity (Wildman–Crippen MR) is 67.9 cm³/mol. The molecule has 4 N–H and O–H groups in total. The molecule has 1 rings (SSSR count). The van der Waals surface area contributed by atoms with Crippen LogP contribution in [-0.4, -0.2) is 43.7 Å². The molecule has 1 fully saturated rings. The standard InChI is InChI=1S/C12H23N3O3/c1-2-18-10(8-13)7-12(17)14-6-5-11(16)15-9-3-4-9/h9-10H,2-8,13H2,1H3,(H,14,17)(H,15,16). The van der Waals surface area contributed by atoms with Crippen molar-refractivity contribution in [2.75, 3.05) is 19.7 Å². The Morgan fingerprint density at radius 2 is 2.11 bits per heavy atom. The van der Waals surface area contributed by atoms with Crippen molar-refractivity contribution in [1.29, 1.82) is 0 Å². The second-order valence-electron chi connectivity index (χ2n) is 4.46. The second kappa shape index (κ2) is 8.05. The number of nitrogens with two attached hydrogens (primary N) is 1. The van der Waals surface area contributed by atoms with Crippen molar-refractivity contribution in [3.05, 3.63) is 0 Å². The van der Waals surface area contributed by atoms with Gasteiger partial charge in [-0.25, -0.2) is 0 Å². The lowest BCUT2D eigenvalue weighted by Crippen LogP contribution is -2.35. The van der Waals surface area contributed by atoms with Gasteiger partial charge in [-0.2, -0.15) is 0 Å². The first-order valence-corrected chi connectivity index (χ1v) is 6.53. The van der Waals surface area contributed by atoms with Crippen LogP contribution in [0.5, 0.6) is 0 Å². The molecule has 2 amide bonds. The molecule has 1 unspecified atom stereocenters. The Kier molecular flexibility index (Phi) is 6.67. The summed E-state index contributed by atoms with van der Waals surface area (Å²) in [7, 11) is 0. The Bertz CT molecular complexity index is 280. The smallest absolute Gasteiger partial charge is 0.222 e. The van der Waals surface area contributed by atoms with E-state index in [0.29, 0.717) is 32.2 Å².